The SMILES string of the molecule is CCCOc1cc2sc(N)nc2c(C)c1C. The number of thiazole rings is 1. The molecule has 1 heterocycles. The van der Waals surface area contributed by atoms with E-state index in [1.54, 1.807) is 0 Å². The standard InChI is InChI=1S/C12H16N2OS/c1-4-5-15-9-6-10-11(8(3)7(9)2)14-12(13)16-10/h6H,4-5H2,1-3H3,(H2,13,14). The third kappa shape index (κ3) is 1.85. The first kappa shape index (κ1) is 11.2. The molecule has 3 nitrogen and oxygen atoms in total. The summed E-state index contributed by atoms with van der Waals surface area (Å²) >= 11 is 1.51. The van der Waals surface area contributed by atoms with Gasteiger partial charge in [0.15, 0.2) is 5.13 Å². The third-order valence-corrected chi connectivity index (χ3v) is 3.51. The first-order chi connectivity index (χ1) is 7.63. The second-order valence-electron chi connectivity index (χ2n) is 3.87. The van der Waals surface area contributed by atoms with Crippen LogP contribution in [0.25, 0.3) is 10.2 Å². The van der Waals surface area contributed by atoms with Crippen LogP contribution in [0.5, 0.6) is 5.75 Å². The number of aromatic nitrogens is 1. The lowest BCUT2D eigenvalue weighted by Crippen LogP contribution is -1.98. The van der Waals surface area contributed by atoms with Crippen LogP contribution in [0.4, 0.5) is 5.13 Å². The van der Waals surface area contributed by atoms with Gasteiger partial charge in [0.1, 0.15) is 5.75 Å². The largest absolute Gasteiger partial charge is 0.493 e. The van der Waals surface area contributed by atoms with Gasteiger partial charge >= 0.3 is 0 Å². The Bertz CT molecular complexity index is 519. The van der Waals surface area contributed by atoms with Crippen LogP contribution >= 0.6 is 11.3 Å². The number of hydrogen-bond donors (Lipinski definition) is 1. The van der Waals surface area contributed by atoms with Gasteiger partial charge in [-0.05, 0) is 37.5 Å². The second kappa shape index (κ2) is 4.29. The molecule has 0 unspecified atom stereocenters. The number of nitrogens with two attached hydrogens (primary N) is 1. The lowest BCUT2D eigenvalue weighted by atomic mass is 10.1. The molecule has 86 valence electrons. The Morgan fingerprint density at radius 1 is 1.38 bits per heavy atom. The Morgan fingerprint density at radius 2 is 2.12 bits per heavy atom. The number of rotatable bonds is 3. The number of benzene rings is 1. The average molecular weight is 236 g/mol. The summed E-state index contributed by atoms with van der Waals surface area (Å²) in [6, 6.07) is 2.04. The van der Waals surface area contributed by atoms with Crippen molar-refractivity contribution in [3.05, 3.63) is 17.2 Å². The number of aryl methyl sites for hydroxylation is 1. The maximum Gasteiger partial charge on any atom is 0.181 e. The number of hydrogen-bond acceptors (Lipinski definition) is 4. The molecule has 0 atom stereocenters. The van der Waals surface area contributed by atoms with Crippen molar-refractivity contribution in [2.75, 3.05) is 12.3 Å². The molecule has 0 spiro atoms. The van der Waals surface area contributed by atoms with Crippen molar-refractivity contribution in [2.45, 2.75) is 27.2 Å². The van der Waals surface area contributed by atoms with Gasteiger partial charge in [-0.3, -0.25) is 0 Å². The minimum Gasteiger partial charge on any atom is -0.493 e. The number of nitrogen functional groups attached to an aromatic ring is 1. The number of fused-ring (bicyclic) bond motifs is 1. The fourth-order valence-electron chi connectivity index (χ4n) is 1.67. The van der Waals surface area contributed by atoms with E-state index in [9.17, 15) is 0 Å². The highest BCUT2D eigenvalue weighted by Crippen LogP contribution is 2.34. The molecule has 0 amide bonds. The molecule has 1 aromatic carbocycles. The molecular weight excluding hydrogens is 220 g/mol. The zero-order valence-electron chi connectivity index (χ0n) is 9.83. The Labute approximate surface area is 99.3 Å². The molecule has 0 aliphatic carbocycles. The van der Waals surface area contributed by atoms with Crippen molar-refractivity contribution in [1.82, 2.24) is 4.98 Å². The van der Waals surface area contributed by atoms with Crippen LogP contribution in [0.2, 0.25) is 0 Å². The molecule has 0 saturated heterocycles. The molecule has 1 aromatic heterocycles. The number of nitrogens with zero attached hydrogens (tertiary/aromatic N) is 1. The Balaban J connectivity index is 2.54. The minimum absolute atomic E-state index is 0.616. The monoisotopic (exact) mass is 236 g/mol. The molecule has 2 rings (SSSR count). The van der Waals surface area contributed by atoms with E-state index >= 15 is 0 Å². The first-order valence-corrected chi connectivity index (χ1v) is 6.24. The normalized spacial score (nSPS) is 10.9. The van der Waals surface area contributed by atoms with E-state index in [-0.39, 0.29) is 0 Å². The van der Waals surface area contributed by atoms with Gasteiger partial charge in [-0.15, -0.1) is 0 Å². The van der Waals surface area contributed by atoms with Gasteiger partial charge < -0.3 is 10.5 Å². The van der Waals surface area contributed by atoms with E-state index in [4.69, 9.17) is 10.5 Å². The summed E-state index contributed by atoms with van der Waals surface area (Å²) < 4.78 is 6.83. The van der Waals surface area contributed by atoms with E-state index in [0.29, 0.717) is 5.13 Å². The van der Waals surface area contributed by atoms with E-state index in [2.05, 4.69) is 25.8 Å². The summed E-state index contributed by atoms with van der Waals surface area (Å²) in [6.45, 7) is 6.98. The zero-order chi connectivity index (χ0) is 11.7. The molecule has 0 saturated carbocycles. The van der Waals surface area contributed by atoms with Crippen LogP contribution in [0.1, 0.15) is 24.5 Å². The Hall–Kier alpha value is -1.29. The van der Waals surface area contributed by atoms with Crippen LogP contribution in [-0.2, 0) is 0 Å². The lowest BCUT2D eigenvalue weighted by Gasteiger charge is -2.10. The molecule has 0 fully saturated rings. The Kier molecular flexibility index (Phi) is 3.01. The smallest absolute Gasteiger partial charge is 0.181 e. The fraction of sp³-hybridized carbons (Fsp3) is 0.417. The summed E-state index contributed by atoms with van der Waals surface area (Å²) in [4.78, 5) is 4.34. The first-order valence-electron chi connectivity index (χ1n) is 5.42. The molecule has 0 aliphatic rings. The quantitative estimate of drug-likeness (QED) is 0.889. The summed E-state index contributed by atoms with van der Waals surface area (Å²) in [5.41, 5.74) is 9.05. The number of anilines is 1. The summed E-state index contributed by atoms with van der Waals surface area (Å²) in [6.07, 6.45) is 1.02. The van der Waals surface area contributed by atoms with E-state index in [0.717, 1.165) is 40.1 Å². The van der Waals surface area contributed by atoms with Gasteiger partial charge in [0.25, 0.3) is 0 Å². The van der Waals surface area contributed by atoms with Gasteiger partial charge in [0.05, 0.1) is 16.8 Å². The number of ether oxygens (including phenoxy) is 1. The van der Waals surface area contributed by atoms with Crippen LogP contribution in [0.15, 0.2) is 6.07 Å². The predicted octanol–water partition coefficient (Wildman–Crippen LogP) is 3.28. The van der Waals surface area contributed by atoms with Crippen molar-refractivity contribution in [2.24, 2.45) is 0 Å². The minimum atomic E-state index is 0.616. The third-order valence-electron chi connectivity index (χ3n) is 2.68. The van der Waals surface area contributed by atoms with Crippen molar-refractivity contribution in [1.29, 1.82) is 0 Å². The highest BCUT2D eigenvalue weighted by molar-refractivity contribution is 7.22. The van der Waals surface area contributed by atoms with Gasteiger partial charge in [0.2, 0.25) is 0 Å². The van der Waals surface area contributed by atoms with E-state index in [1.807, 2.05) is 6.07 Å². The maximum atomic E-state index is 5.73. The molecule has 2 aromatic rings. The van der Waals surface area contributed by atoms with Crippen molar-refractivity contribution in [3.63, 3.8) is 0 Å². The van der Waals surface area contributed by atoms with Crippen LogP contribution in [-0.4, -0.2) is 11.6 Å². The zero-order valence-corrected chi connectivity index (χ0v) is 10.6. The summed E-state index contributed by atoms with van der Waals surface area (Å²) in [7, 11) is 0. The van der Waals surface area contributed by atoms with Crippen molar-refractivity contribution in [3.8, 4) is 5.75 Å². The average Bonchev–Trinajstić information content (AvgIpc) is 2.62. The van der Waals surface area contributed by atoms with E-state index < -0.39 is 0 Å². The van der Waals surface area contributed by atoms with Crippen LogP contribution in [0.3, 0.4) is 0 Å². The molecule has 4 heteroatoms. The predicted molar refractivity (Wildman–Crippen MR) is 69.3 cm³/mol. The maximum absolute atomic E-state index is 5.73. The van der Waals surface area contributed by atoms with Crippen LogP contribution < -0.4 is 10.5 Å². The molecule has 0 aliphatic heterocycles. The molecule has 2 N–H and O–H groups in total. The van der Waals surface area contributed by atoms with Gasteiger partial charge in [-0.1, -0.05) is 18.3 Å². The highest BCUT2D eigenvalue weighted by atomic mass is 32.1. The van der Waals surface area contributed by atoms with Gasteiger partial charge in [-0.25, -0.2) is 4.98 Å². The van der Waals surface area contributed by atoms with E-state index in [1.165, 1.54) is 11.3 Å². The van der Waals surface area contributed by atoms with Crippen molar-refractivity contribution < 1.29 is 4.74 Å². The molecule has 0 radical (unpaired) electrons. The van der Waals surface area contributed by atoms with Crippen LogP contribution in [0, 0.1) is 13.8 Å². The summed E-state index contributed by atoms with van der Waals surface area (Å²) in [5.74, 6) is 0.954. The molecule has 0 bridgehead atoms. The second-order valence-corrected chi connectivity index (χ2v) is 4.93. The highest BCUT2D eigenvalue weighted by Gasteiger charge is 2.11. The lowest BCUT2D eigenvalue weighted by molar-refractivity contribution is 0.315. The summed E-state index contributed by atoms with van der Waals surface area (Å²) in [5, 5.41) is 0.616. The van der Waals surface area contributed by atoms with Gasteiger partial charge in [0, 0.05) is 0 Å². The van der Waals surface area contributed by atoms with Gasteiger partial charge in [-0.2, -0.15) is 0 Å². The molecule has 16 heavy (non-hydrogen) atoms. The fourth-order valence-corrected chi connectivity index (χ4v) is 2.49. The van der Waals surface area contributed by atoms with Crippen molar-refractivity contribution >= 4 is 26.7 Å². The Morgan fingerprint density at radius 3 is 2.81 bits per heavy atom. The topological polar surface area (TPSA) is 48.1 Å². The molecular formula is C12H16N2OS.